The van der Waals surface area contributed by atoms with E-state index in [1.54, 1.807) is 17.3 Å². The highest BCUT2D eigenvalue weighted by Gasteiger charge is 2.30. The number of likely N-dealkylation sites (tertiary alicyclic amines) is 1. The number of carbonyl (C=O) groups is 2. The van der Waals surface area contributed by atoms with Crippen molar-refractivity contribution < 1.29 is 14.5 Å². The molecule has 1 fully saturated rings. The van der Waals surface area contributed by atoms with E-state index in [-0.39, 0.29) is 23.1 Å². The van der Waals surface area contributed by atoms with Crippen LogP contribution in [0.15, 0.2) is 73.3 Å². The van der Waals surface area contributed by atoms with Crippen LogP contribution in [0, 0.1) is 10.1 Å². The van der Waals surface area contributed by atoms with Crippen molar-refractivity contribution in [1.29, 1.82) is 0 Å². The Labute approximate surface area is 225 Å². The molecule has 2 aromatic carbocycles. The molecule has 200 valence electrons. The first-order valence-electron chi connectivity index (χ1n) is 12.8. The van der Waals surface area contributed by atoms with Crippen LogP contribution in [-0.4, -0.2) is 53.8 Å². The number of anilines is 1. The number of aromatic nitrogens is 4. The van der Waals surface area contributed by atoms with Gasteiger partial charge in [-0.1, -0.05) is 30.3 Å². The molecule has 0 radical (unpaired) electrons. The van der Waals surface area contributed by atoms with E-state index in [1.165, 1.54) is 30.7 Å². The smallest absolute Gasteiger partial charge is 0.282 e. The van der Waals surface area contributed by atoms with E-state index in [0.29, 0.717) is 38.2 Å². The first-order chi connectivity index (χ1) is 18.9. The molecule has 0 saturated carbocycles. The van der Waals surface area contributed by atoms with Gasteiger partial charge in [0, 0.05) is 69.0 Å². The molecule has 0 bridgehead atoms. The highest BCUT2D eigenvalue weighted by molar-refractivity contribution is 6.00. The van der Waals surface area contributed by atoms with E-state index in [4.69, 9.17) is 0 Å². The summed E-state index contributed by atoms with van der Waals surface area (Å²) in [6.45, 7) is 3.54. The van der Waals surface area contributed by atoms with Crippen LogP contribution in [0.1, 0.15) is 53.3 Å². The predicted octanol–water partition coefficient (Wildman–Crippen LogP) is 4.06. The summed E-state index contributed by atoms with van der Waals surface area (Å²) in [5.41, 5.74) is 1.23. The van der Waals surface area contributed by atoms with Gasteiger partial charge in [-0.05, 0) is 30.5 Å². The first-order valence-corrected chi connectivity index (χ1v) is 12.8. The lowest BCUT2D eigenvalue weighted by atomic mass is 9.95. The molecule has 39 heavy (non-hydrogen) atoms. The molecule has 2 amide bonds. The third kappa shape index (κ3) is 5.87. The fourth-order valence-corrected chi connectivity index (χ4v) is 5.04. The molecule has 1 aliphatic rings. The summed E-state index contributed by atoms with van der Waals surface area (Å²) in [7, 11) is 0. The van der Waals surface area contributed by atoms with Gasteiger partial charge in [-0.15, -0.1) is 0 Å². The minimum absolute atomic E-state index is 0.0311. The lowest BCUT2D eigenvalue weighted by molar-refractivity contribution is -0.385. The normalized spacial score (nSPS) is 13.8. The summed E-state index contributed by atoms with van der Waals surface area (Å²) < 4.78 is 4.23. The number of amides is 2. The maximum atomic E-state index is 13.3. The second-order valence-electron chi connectivity index (χ2n) is 9.61. The number of benzene rings is 2. The number of nitro benzene ring substituents is 1. The molecule has 1 aliphatic heterocycles. The Bertz CT molecular complexity index is 1490. The average Bonchev–Trinajstić information content (AvgIpc) is 3.58. The maximum Gasteiger partial charge on any atom is 0.282 e. The molecule has 3 heterocycles. The summed E-state index contributed by atoms with van der Waals surface area (Å²) in [6, 6.07) is 14.3. The molecule has 0 unspecified atom stereocenters. The van der Waals surface area contributed by atoms with Crippen LogP contribution in [0.2, 0.25) is 0 Å². The summed E-state index contributed by atoms with van der Waals surface area (Å²) >= 11 is 0. The number of carbonyl (C=O) groups excluding carboxylic acids is 2. The molecule has 5 rings (SSSR count). The highest BCUT2D eigenvalue weighted by Crippen LogP contribution is 2.30. The van der Waals surface area contributed by atoms with Crippen molar-refractivity contribution in [3.05, 3.63) is 106 Å². The van der Waals surface area contributed by atoms with E-state index < -0.39 is 10.8 Å². The van der Waals surface area contributed by atoms with Gasteiger partial charge in [-0.25, -0.2) is 9.97 Å². The fourth-order valence-electron chi connectivity index (χ4n) is 5.04. The summed E-state index contributed by atoms with van der Waals surface area (Å²) in [5.74, 6) is 1.27. The summed E-state index contributed by atoms with van der Waals surface area (Å²) in [4.78, 5) is 46.6. The molecule has 11 heteroatoms. The number of nitrogens with zero attached hydrogens (tertiary/aromatic N) is 6. The topological polar surface area (TPSA) is 128 Å². The molecule has 0 spiro atoms. The van der Waals surface area contributed by atoms with E-state index in [9.17, 15) is 19.7 Å². The van der Waals surface area contributed by atoms with Crippen LogP contribution in [0.3, 0.4) is 0 Å². The number of imidazole rings is 2. The third-order valence-corrected chi connectivity index (χ3v) is 6.95. The quantitative estimate of drug-likeness (QED) is 0.272. The number of hydrogen-bond acceptors (Lipinski definition) is 6. The van der Waals surface area contributed by atoms with Crippen LogP contribution < -0.4 is 5.32 Å². The van der Waals surface area contributed by atoms with Gasteiger partial charge in [0.2, 0.25) is 5.91 Å². The van der Waals surface area contributed by atoms with Crippen LogP contribution in [0.5, 0.6) is 0 Å². The zero-order valence-corrected chi connectivity index (χ0v) is 21.6. The van der Waals surface area contributed by atoms with Crippen LogP contribution >= 0.6 is 0 Å². The van der Waals surface area contributed by atoms with Gasteiger partial charge in [0.25, 0.3) is 11.6 Å². The van der Waals surface area contributed by atoms with Crippen molar-refractivity contribution in [1.82, 2.24) is 24.0 Å². The molecule has 4 aromatic rings. The van der Waals surface area contributed by atoms with Crippen molar-refractivity contribution in [2.75, 3.05) is 18.4 Å². The second kappa shape index (κ2) is 11.3. The lowest BCUT2D eigenvalue weighted by Crippen LogP contribution is -2.38. The monoisotopic (exact) mass is 527 g/mol. The van der Waals surface area contributed by atoms with E-state index in [1.807, 2.05) is 30.6 Å². The van der Waals surface area contributed by atoms with Crippen LogP contribution in [-0.2, 0) is 17.9 Å². The number of nitro groups is 1. The van der Waals surface area contributed by atoms with E-state index in [0.717, 1.165) is 18.2 Å². The Morgan fingerprint density at radius 2 is 1.72 bits per heavy atom. The minimum Gasteiger partial charge on any atom is -0.338 e. The number of rotatable bonds is 8. The van der Waals surface area contributed by atoms with Gasteiger partial charge >= 0.3 is 0 Å². The zero-order valence-electron chi connectivity index (χ0n) is 21.6. The SMILES string of the molecule is CC(=O)Nc1ccc([N+](=O)[O-])c(C(=O)N2CCC(c3nccn3Cc3nccn3Cc3ccccc3)CC2)c1. The molecule has 1 N–H and O–H groups in total. The summed E-state index contributed by atoms with van der Waals surface area (Å²) in [6.07, 6.45) is 8.88. The Hall–Kier alpha value is -4.80. The van der Waals surface area contributed by atoms with Crippen molar-refractivity contribution in [2.24, 2.45) is 0 Å². The Morgan fingerprint density at radius 3 is 2.44 bits per heavy atom. The Morgan fingerprint density at radius 1 is 1.00 bits per heavy atom. The van der Waals surface area contributed by atoms with Gasteiger partial charge in [-0.2, -0.15) is 0 Å². The Kier molecular flexibility index (Phi) is 7.48. The molecular formula is C28H29N7O4. The van der Waals surface area contributed by atoms with Crippen LogP contribution in [0.4, 0.5) is 11.4 Å². The minimum atomic E-state index is -0.573. The maximum absolute atomic E-state index is 13.3. The second-order valence-corrected chi connectivity index (χ2v) is 9.61. The van der Waals surface area contributed by atoms with Crippen molar-refractivity contribution in [3.8, 4) is 0 Å². The average molecular weight is 528 g/mol. The zero-order chi connectivity index (χ0) is 27.4. The van der Waals surface area contributed by atoms with Crippen LogP contribution in [0.25, 0.3) is 0 Å². The molecule has 0 aliphatic carbocycles. The van der Waals surface area contributed by atoms with Crippen molar-refractivity contribution in [2.45, 2.75) is 38.8 Å². The third-order valence-electron chi connectivity index (χ3n) is 6.95. The van der Waals surface area contributed by atoms with Gasteiger partial charge in [-0.3, -0.25) is 19.7 Å². The standard InChI is InChI=1S/C28H29N7O4/c1-20(36)31-23-7-8-25(35(38)39)24(17-23)28(37)32-13-9-22(10-14-32)27-30-12-16-34(27)19-26-29-11-15-33(26)18-21-5-3-2-4-6-21/h2-8,11-12,15-17,22H,9-10,13-14,18-19H2,1H3,(H,31,36). The van der Waals surface area contributed by atoms with Crippen molar-refractivity contribution in [3.63, 3.8) is 0 Å². The molecule has 1 saturated heterocycles. The number of piperidine rings is 1. The molecular weight excluding hydrogens is 498 g/mol. The molecule has 2 aromatic heterocycles. The largest absolute Gasteiger partial charge is 0.338 e. The predicted molar refractivity (Wildman–Crippen MR) is 144 cm³/mol. The van der Waals surface area contributed by atoms with Crippen molar-refractivity contribution >= 4 is 23.2 Å². The lowest BCUT2D eigenvalue weighted by Gasteiger charge is -2.32. The van der Waals surface area contributed by atoms with Gasteiger partial charge in [0.05, 0.1) is 11.5 Å². The number of nitrogens with one attached hydrogen (secondary N) is 1. The number of hydrogen-bond donors (Lipinski definition) is 1. The molecule has 0 atom stereocenters. The first kappa shape index (κ1) is 25.8. The fraction of sp³-hybridized carbons (Fsp3) is 0.286. The highest BCUT2D eigenvalue weighted by atomic mass is 16.6. The molecule has 11 nitrogen and oxygen atoms in total. The van der Waals surface area contributed by atoms with E-state index >= 15 is 0 Å². The van der Waals surface area contributed by atoms with E-state index in [2.05, 4.69) is 36.6 Å². The van der Waals surface area contributed by atoms with Gasteiger partial charge < -0.3 is 19.4 Å². The van der Waals surface area contributed by atoms with Gasteiger partial charge in [0.15, 0.2) is 0 Å². The summed E-state index contributed by atoms with van der Waals surface area (Å²) in [5, 5.41) is 14.2. The van der Waals surface area contributed by atoms with Gasteiger partial charge in [0.1, 0.15) is 17.2 Å². The Balaban J connectivity index is 1.26.